The van der Waals surface area contributed by atoms with Crippen molar-refractivity contribution < 1.29 is 23.8 Å². The number of halogens is 1. The molecule has 1 amide bonds. The fourth-order valence-electron chi connectivity index (χ4n) is 3.27. The lowest BCUT2D eigenvalue weighted by atomic mass is 9.93. The molecular weight excluding hydrogens is 418 g/mol. The van der Waals surface area contributed by atoms with Gasteiger partial charge in [-0.2, -0.15) is 0 Å². The van der Waals surface area contributed by atoms with Gasteiger partial charge < -0.3 is 19.5 Å². The first-order valence-corrected chi connectivity index (χ1v) is 11.4. The van der Waals surface area contributed by atoms with Gasteiger partial charge in [-0.1, -0.05) is 51.4 Å². The molecule has 0 aromatic heterocycles. The molecule has 0 bridgehead atoms. The Labute approximate surface area is 192 Å². The van der Waals surface area contributed by atoms with Gasteiger partial charge in [-0.15, -0.1) is 0 Å². The van der Waals surface area contributed by atoms with E-state index in [1.165, 1.54) is 0 Å². The minimum Gasteiger partial charge on any atom is -0.485 e. The minimum atomic E-state index is -0.833. The van der Waals surface area contributed by atoms with E-state index in [1.54, 1.807) is 32.9 Å². The predicted octanol–water partition coefficient (Wildman–Crippen LogP) is 6.00. The van der Waals surface area contributed by atoms with Crippen LogP contribution >= 0.6 is 11.6 Å². The van der Waals surface area contributed by atoms with E-state index in [4.69, 9.17) is 25.8 Å². The van der Waals surface area contributed by atoms with Crippen molar-refractivity contribution in [1.29, 1.82) is 0 Å². The molecule has 0 aliphatic rings. The third-order valence-electron chi connectivity index (χ3n) is 4.97. The molecule has 1 N–H and O–H groups in total. The number of hydrogen-bond donors (Lipinski definition) is 1. The van der Waals surface area contributed by atoms with Crippen LogP contribution in [0.3, 0.4) is 0 Å². The average molecular weight is 456 g/mol. The largest absolute Gasteiger partial charge is 0.485 e. The lowest BCUT2D eigenvalue weighted by Gasteiger charge is -2.32. The first-order chi connectivity index (χ1) is 14.4. The summed E-state index contributed by atoms with van der Waals surface area (Å²) in [6, 6.07) is 6.41. The Morgan fingerprint density at radius 3 is 2.13 bits per heavy atom. The van der Waals surface area contributed by atoms with Crippen LogP contribution < -0.4 is 10.1 Å². The summed E-state index contributed by atoms with van der Waals surface area (Å²) >= 11 is 6.28. The monoisotopic (exact) mass is 455 g/mol. The number of amides is 1. The first kappa shape index (κ1) is 27.1. The number of carbonyl (C=O) groups excluding carboxylic acids is 2. The Morgan fingerprint density at radius 2 is 1.65 bits per heavy atom. The molecule has 0 aliphatic heterocycles. The van der Waals surface area contributed by atoms with Crippen LogP contribution in [0.5, 0.6) is 5.75 Å². The summed E-state index contributed by atoms with van der Waals surface area (Å²) in [7, 11) is 0. The number of benzene rings is 1. The van der Waals surface area contributed by atoms with E-state index in [0.717, 1.165) is 12.8 Å². The highest BCUT2D eigenvalue weighted by Gasteiger charge is 2.34. The number of hydrogen-bond acceptors (Lipinski definition) is 5. The molecule has 0 aliphatic carbocycles. The molecule has 6 nitrogen and oxygen atoms in total. The van der Waals surface area contributed by atoms with Crippen LogP contribution in [0.2, 0.25) is 5.02 Å². The molecule has 0 unspecified atom stereocenters. The highest BCUT2D eigenvalue weighted by atomic mass is 35.5. The second kappa shape index (κ2) is 12.2. The third kappa shape index (κ3) is 8.98. The van der Waals surface area contributed by atoms with Crippen molar-refractivity contribution in [3.63, 3.8) is 0 Å². The number of carbonyl (C=O) groups is 2. The Bertz CT molecular complexity index is 712. The summed E-state index contributed by atoms with van der Waals surface area (Å²) in [5, 5.41) is 3.14. The lowest BCUT2D eigenvalue weighted by Crippen LogP contribution is -2.49. The van der Waals surface area contributed by atoms with Gasteiger partial charge in [0.2, 0.25) is 0 Å². The Kier molecular flexibility index (Phi) is 10.6. The second-order valence-corrected chi connectivity index (χ2v) is 9.51. The standard InChI is InChI=1S/C24H38ClNO5/c1-9-17(10-2)21(30-19-14-12-11-13-18(19)25)16(5)29-22(27)20(15(3)4)26-23(28)31-24(6,7)8/h11-17,20-21H,9-10H2,1-8H3,(H,26,28)/t16-,20-,21-/m0/s1. The van der Waals surface area contributed by atoms with Gasteiger partial charge in [0, 0.05) is 0 Å². The summed E-state index contributed by atoms with van der Waals surface area (Å²) < 4.78 is 17.3. The van der Waals surface area contributed by atoms with Crippen molar-refractivity contribution in [3.8, 4) is 5.75 Å². The molecule has 1 aromatic carbocycles. The van der Waals surface area contributed by atoms with Crippen molar-refractivity contribution in [1.82, 2.24) is 5.32 Å². The van der Waals surface area contributed by atoms with Gasteiger partial charge in [0.05, 0.1) is 5.02 Å². The van der Waals surface area contributed by atoms with Gasteiger partial charge >= 0.3 is 12.1 Å². The van der Waals surface area contributed by atoms with Gasteiger partial charge in [-0.25, -0.2) is 9.59 Å². The molecular formula is C24H38ClNO5. The SMILES string of the molecule is CCC(CC)[C@@H](Oc1ccccc1Cl)[C@H](C)OC(=O)[C@@H](NC(=O)OC(C)(C)C)C(C)C. The maximum absolute atomic E-state index is 12.9. The molecule has 3 atom stereocenters. The minimum absolute atomic E-state index is 0.162. The smallest absolute Gasteiger partial charge is 0.408 e. The molecule has 7 heteroatoms. The van der Waals surface area contributed by atoms with Crippen molar-refractivity contribution in [2.75, 3.05) is 0 Å². The maximum Gasteiger partial charge on any atom is 0.408 e. The number of rotatable bonds is 10. The summed E-state index contributed by atoms with van der Waals surface area (Å²) in [4.78, 5) is 25.1. The number of nitrogens with one attached hydrogen (secondary N) is 1. The van der Waals surface area contributed by atoms with Crippen LogP contribution in [0.1, 0.15) is 68.2 Å². The van der Waals surface area contributed by atoms with Crippen LogP contribution in [-0.2, 0) is 14.3 Å². The van der Waals surface area contributed by atoms with Gasteiger partial charge in [0.15, 0.2) is 0 Å². The fourth-order valence-corrected chi connectivity index (χ4v) is 3.45. The van der Waals surface area contributed by atoms with Crippen molar-refractivity contribution in [3.05, 3.63) is 29.3 Å². The zero-order valence-corrected chi connectivity index (χ0v) is 20.8. The summed E-state index contributed by atoms with van der Waals surface area (Å²) in [6.45, 7) is 14.9. The fraction of sp³-hybridized carbons (Fsp3) is 0.667. The maximum atomic E-state index is 12.9. The van der Waals surface area contributed by atoms with Crippen LogP contribution in [0.4, 0.5) is 4.79 Å². The van der Waals surface area contributed by atoms with Gasteiger partial charge in [-0.05, 0) is 64.5 Å². The summed E-state index contributed by atoms with van der Waals surface area (Å²) in [5.41, 5.74) is -0.661. The van der Waals surface area contributed by atoms with Crippen LogP contribution in [-0.4, -0.2) is 35.9 Å². The summed E-state index contributed by atoms with van der Waals surface area (Å²) in [6.07, 6.45) is 0.136. The van der Waals surface area contributed by atoms with E-state index in [0.29, 0.717) is 10.8 Å². The molecule has 0 saturated carbocycles. The molecule has 0 radical (unpaired) electrons. The third-order valence-corrected chi connectivity index (χ3v) is 5.28. The number of alkyl carbamates (subject to hydrolysis) is 1. The van der Waals surface area contributed by atoms with E-state index < -0.39 is 29.8 Å². The Balaban J connectivity index is 2.97. The predicted molar refractivity (Wildman–Crippen MR) is 123 cm³/mol. The van der Waals surface area contributed by atoms with E-state index >= 15 is 0 Å². The molecule has 0 heterocycles. The Hall–Kier alpha value is -1.95. The van der Waals surface area contributed by atoms with E-state index in [2.05, 4.69) is 19.2 Å². The first-order valence-electron chi connectivity index (χ1n) is 11.0. The molecule has 1 aromatic rings. The summed E-state index contributed by atoms with van der Waals surface area (Å²) in [5.74, 6) is 0.0158. The zero-order chi connectivity index (χ0) is 23.8. The van der Waals surface area contributed by atoms with Crippen LogP contribution in [0.15, 0.2) is 24.3 Å². The molecule has 176 valence electrons. The topological polar surface area (TPSA) is 73.9 Å². The highest BCUT2D eigenvalue weighted by molar-refractivity contribution is 6.32. The normalized spacial score (nSPS) is 14.7. The molecule has 0 saturated heterocycles. The van der Waals surface area contributed by atoms with Crippen molar-refractivity contribution >= 4 is 23.7 Å². The Morgan fingerprint density at radius 1 is 1.06 bits per heavy atom. The molecule has 0 fully saturated rings. The second-order valence-electron chi connectivity index (χ2n) is 9.10. The van der Waals surface area contributed by atoms with E-state index in [-0.39, 0.29) is 17.9 Å². The van der Waals surface area contributed by atoms with Gasteiger partial charge in [0.1, 0.15) is 29.6 Å². The van der Waals surface area contributed by atoms with Crippen molar-refractivity contribution in [2.24, 2.45) is 11.8 Å². The molecule has 1 rings (SSSR count). The lowest BCUT2D eigenvalue weighted by molar-refractivity contribution is -0.158. The molecule has 31 heavy (non-hydrogen) atoms. The number of para-hydroxylation sites is 1. The van der Waals surface area contributed by atoms with E-state index in [9.17, 15) is 9.59 Å². The van der Waals surface area contributed by atoms with Gasteiger partial charge in [-0.3, -0.25) is 0 Å². The molecule has 0 spiro atoms. The van der Waals surface area contributed by atoms with E-state index in [1.807, 2.05) is 32.9 Å². The number of ether oxygens (including phenoxy) is 3. The van der Waals surface area contributed by atoms with Gasteiger partial charge in [0.25, 0.3) is 0 Å². The van der Waals surface area contributed by atoms with Crippen LogP contribution in [0.25, 0.3) is 0 Å². The highest BCUT2D eigenvalue weighted by Crippen LogP contribution is 2.29. The van der Waals surface area contributed by atoms with Crippen LogP contribution in [0, 0.1) is 11.8 Å². The average Bonchev–Trinajstić information content (AvgIpc) is 2.65. The number of esters is 1. The zero-order valence-electron chi connectivity index (χ0n) is 20.0. The van der Waals surface area contributed by atoms with Crippen molar-refractivity contribution in [2.45, 2.75) is 92.1 Å². The quantitative estimate of drug-likeness (QED) is 0.437.